The second-order valence-electron chi connectivity index (χ2n) is 3.28. The Kier molecular flexibility index (Phi) is 4.33. The Hall–Kier alpha value is -2.24. The van der Waals surface area contributed by atoms with Gasteiger partial charge in [0.25, 0.3) is 0 Å². The molecule has 0 bridgehead atoms. The van der Waals surface area contributed by atoms with E-state index >= 15 is 0 Å². The van der Waals surface area contributed by atoms with Crippen LogP contribution in [0.1, 0.15) is 12.5 Å². The Morgan fingerprint density at radius 2 is 1.71 bits per heavy atom. The van der Waals surface area contributed by atoms with Gasteiger partial charge in [0.2, 0.25) is 5.96 Å². The molecule has 0 aliphatic heterocycles. The molecule has 0 amide bonds. The first-order valence-corrected chi connectivity index (χ1v) is 4.94. The minimum atomic E-state index is -0.0789. The highest BCUT2D eigenvalue weighted by molar-refractivity contribution is 5.99. The molecule has 4 N–H and O–H groups in total. The molecule has 0 fully saturated rings. The zero-order valence-corrected chi connectivity index (χ0v) is 10.1. The Balaban J connectivity index is 3.07. The predicted octanol–water partition coefficient (Wildman–Crippen LogP) is 0.701. The summed E-state index contributed by atoms with van der Waals surface area (Å²) in [5, 5.41) is 7.47. The molecule has 92 valence electrons. The van der Waals surface area contributed by atoms with Gasteiger partial charge in [-0.05, 0) is 25.1 Å². The number of nitrogens with two attached hydrogens (primary N) is 2. The topological polar surface area (TPSA) is 95.2 Å². The Labute approximate surface area is 99.9 Å². The molecule has 0 spiro atoms. The molecule has 6 heteroatoms. The van der Waals surface area contributed by atoms with Crippen LogP contribution in [0.5, 0.6) is 11.5 Å². The van der Waals surface area contributed by atoms with Gasteiger partial charge in [0.1, 0.15) is 0 Å². The molecule has 1 rings (SSSR count). The summed E-state index contributed by atoms with van der Waals surface area (Å²) < 4.78 is 10.3. The summed E-state index contributed by atoms with van der Waals surface area (Å²) in [5.41, 5.74) is 11.9. The van der Waals surface area contributed by atoms with Crippen LogP contribution in [0.25, 0.3) is 0 Å². The van der Waals surface area contributed by atoms with Crippen LogP contribution in [-0.4, -0.2) is 25.9 Å². The summed E-state index contributed by atoms with van der Waals surface area (Å²) in [7, 11) is 3.15. The lowest BCUT2D eigenvalue weighted by Crippen LogP contribution is -2.22. The Morgan fingerprint density at radius 1 is 1.06 bits per heavy atom. The van der Waals surface area contributed by atoms with E-state index in [0.717, 1.165) is 5.56 Å². The summed E-state index contributed by atoms with van der Waals surface area (Å²) in [4.78, 5) is 0. The number of rotatable bonds is 4. The Morgan fingerprint density at radius 3 is 2.24 bits per heavy atom. The van der Waals surface area contributed by atoms with E-state index in [1.807, 2.05) is 6.07 Å². The Bertz CT molecular complexity index is 451. The van der Waals surface area contributed by atoms with Crippen molar-refractivity contribution in [3.63, 3.8) is 0 Å². The van der Waals surface area contributed by atoms with Crippen molar-refractivity contribution >= 4 is 11.7 Å². The van der Waals surface area contributed by atoms with Crippen molar-refractivity contribution in [1.82, 2.24) is 0 Å². The first kappa shape index (κ1) is 12.8. The quantitative estimate of drug-likeness (QED) is 0.457. The van der Waals surface area contributed by atoms with E-state index in [9.17, 15) is 0 Å². The number of benzene rings is 1. The predicted molar refractivity (Wildman–Crippen MR) is 67.6 cm³/mol. The highest BCUT2D eigenvalue weighted by Gasteiger charge is 2.06. The molecule has 0 unspecified atom stereocenters. The molecule has 6 nitrogen and oxygen atoms in total. The molecule has 0 heterocycles. The van der Waals surface area contributed by atoms with Crippen LogP contribution in [0.4, 0.5) is 0 Å². The molecule has 0 saturated heterocycles. The fourth-order valence-corrected chi connectivity index (χ4v) is 1.25. The van der Waals surface area contributed by atoms with E-state index in [4.69, 9.17) is 20.9 Å². The molecular weight excluding hydrogens is 220 g/mol. The maximum Gasteiger partial charge on any atom is 0.211 e. The third-order valence-electron chi connectivity index (χ3n) is 2.12. The minimum Gasteiger partial charge on any atom is -0.493 e. The molecule has 0 saturated carbocycles. The maximum atomic E-state index is 5.20. The molecule has 0 atom stereocenters. The van der Waals surface area contributed by atoms with Crippen molar-refractivity contribution in [3.05, 3.63) is 23.8 Å². The van der Waals surface area contributed by atoms with Crippen molar-refractivity contribution in [2.45, 2.75) is 6.92 Å². The van der Waals surface area contributed by atoms with Crippen LogP contribution in [-0.2, 0) is 0 Å². The van der Waals surface area contributed by atoms with Gasteiger partial charge in [-0.25, -0.2) is 0 Å². The number of nitrogens with zero attached hydrogens (tertiary/aromatic N) is 2. The van der Waals surface area contributed by atoms with Crippen molar-refractivity contribution < 1.29 is 9.47 Å². The minimum absolute atomic E-state index is 0.0789. The van der Waals surface area contributed by atoms with Crippen LogP contribution in [0.15, 0.2) is 28.4 Å². The van der Waals surface area contributed by atoms with Gasteiger partial charge in [0.15, 0.2) is 11.5 Å². The summed E-state index contributed by atoms with van der Waals surface area (Å²) in [5.74, 6) is 1.21. The zero-order chi connectivity index (χ0) is 12.8. The van der Waals surface area contributed by atoms with Gasteiger partial charge >= 0.3 is 0 Å². The number of hydrogen-bond acceptors (Lipinski definition) is 4. The highest BCUT2D eigenvalue weighted by Crippen LogP contribution is 2.27. The lowest BCUT2D eigenvalue weighted by atomic mass is 10.1. The second-order valence-corrected chi connectivity index (χ2v) is 3.28. The second kappa shape index (κ2) is 5.74. The molecule has 17 heavy (non-hydrogen) atoms. The van der Waals surface area contributed by atoms with E-state index in [1.54, 1.807) is 33.3 Å². The van der Waals surface area contributed by atoms with Crippen LogP contribution >= 0.6 is 0 Å². The number of ether oxygens (including phenoxy) is 2. The van der Waals surface area contributed by atoms with Gasteiger partial charge in [-0.3, -0.25) is 0 Å². The monoisotopic (exact) mass is 236 g/mol. The standard InChI is InChI=1S/C11H16N4O2/c1-7(14-15-11(12)13)8-4-5-9(16-2)10(6-8)17-3/h4-6H,1-3H3,(H4,12,13,15). The van der Waals surface area contributed by atoms with E-state index in [-0.39, 0.29) is 5.96 Å². The van der Waals surface area contributed by atoms with Gasteiger partial charge in [-0.1, -0.05) is 0 Å². The van der Waals surface area contributed by atoms with E-state index < -0.39 is 0 Å². The molecular formula is C11H16N4O2. The first-order valence-electron chi connectivity index (χ1n) is 4.94. The molecule has 0 aromatic heterocycles. The smallest absolute Gasteiger partial charge is 0.211 e. The molecule has 1 aromatic rings. The van der Waals surface area contributed by atoms with Gasteiger partial charge < -0.3 is 20.9 Å². The van der Waals surface area contributed by atoms with E-state index in [2.05, 4.69) is 10.2 Å². The van der Waals surface area contributed by atoms with Crippen molar-refractivity contribution in [3.8, 4) is 11.5 Å². The maximum absolute atomic E-state index is 5.20. The SMILES string of the molecule is COc1ccc(C(C)=NN=C(N)N)cc1OC. The molecule has 0 radical (unpaired) electrons. The van der Waals surface area contributed by atoms with E-state index in [0.29, 0.717) is 17.2 Å². The largest absolute Gasteiger partial charge is 0.493 e. The van der Waals surface area contributed by atoms with Crippen LogP contribution < -0.4 is 20.9 Å². The van der Waals surface area contributed by atoms with Crippen LogP contribution in [0.3, 0.4) is 0 Å². The molecule has 0 aliphatic carbocycles. The molecule has 1 aromatic carbocycles. The van der Waals surface area contributed by atoms with Gasteiger partial charge in [0, 0.05) is 5.56 Å². The summed E-state index contributed by atoms with van der Waals surface area (Å²) >= 11 is 0. The fourth-order valence-electron chi connectivity index (χ4n) is 1.25. The number of methoxy groups -OCH3 is 2. The third kappa shape index (κ3) is 3.37. The van der Waals surface area contributed by atoms with Gasteiger partial charge in [-0.2, -0.15) is 5.10 Å². The number of guanidine groups is 1. The highest BCUT2D eigenvalue weighted by atomic mass is 16.5. The van der Waals surface area contributed by atoms with E-state index in [1.165, 1.54) is 0 Å². The van der Waals surface area contributed by atoms with Crippen molar-refractivity contribution in [2.75, 3.05) is 14.2 Å². The number of hydrogen-bond donors (Lipinski definition) is 2. The molecule has 0 aliphatic rings. The normalized spacial score (nSPS) is 10.9. The van der Waals surface area contributed by atoms with Crippen molar-refractivity contribution in [2.24, 2.45) is 21.7 Å². The average Bonchev–Trinajstić information content (AvgIpc) is 2.34. The lowest BCUT2D eigenvalue weighted by molar-refractivity contribution is 0.355. The third-order valence-corrected chi connectivity index (χ3v) is 2.12. The van der Waals surface area contributed by atoms with Crippen LogP contribution in [0.2, 0.25) is 0 Å². The fraction of sp³-hybridized carbons (Fsp3) is 0.273. The van der Waals surface area contributed by atoms with Gasteiger partial charge in [-0.15, -0.1) is 5.10 Å². The average molecular weight is 236 g/mol. The summed E-state index contributed by atoms with van der Waals surface area (Å²) in [6.45, 7) is 1.80. The van der Waals surface area contributed by atoms with Crippen molar-refractivity contribution in [1.29, 1.82) is 0 Å². The first-order chi connectivity index (χ1) is 8.08. The lowest BCUT2D eigenvalue weighted by Gasteiger charge is -2.08. The summed E-state index contributed by atoms with van der Waals surface area (Å²) in [6.07, 6.45) is 0. The summed E-state index contributed by atoms with van der Waals surface area (Å²) in [6, 6.07) is 5.45. The zero-order valence-electron chi connectivity index (χ0n) is 10.1. The van der Waals surface area contributed by atoms with Crippen LogP contribution in [0, 0.1) is 0 Å². The van der Waals surface area contributed by atoms with Gasteiger partial charge in [0.05, 0.1) is 19.9 Å².